The maximum Gasteiger partial charge on any atom is 0.303 e. The van der Waals surface area contributed by atoms with E-state index in [1.165, 1.54) is 6.92 Å². The van der Waals surface area contributed by atoms with E-state index in [2.05, 4.69) is 34.6 Å². The van der Waals surface area contributed by atoms with E-state index in [1.54, 1.807) is 0 Å². The molecule has 8 aliphatic rings. The summed E-state index contributed by atoms with van der Waals surface area (Å²) in [5, 5.41) is 43.7. The third kappa shape index (κ3) is 3.88. The van der Waals surface area contributed by atoms with Gasteiger partial charge in [0.05, 0.1) is 18.8 Å². The molecule has 3 saturated heterocycles. The van der Waals surface area contributed by atoms with Crippen LogP contribution in [0.2, 0.25) is 0 Å². The van der Waals surface area contributed by atoms with E-state index in [1.807, 2.05) is 13.8 Å². The number of aliphatic hydroxyl groups is 4. The van der Waals surface area contributed by atoms with Gasteiger partial charge in [-0.05, 0) is 105 Å². The van der Waals surface area contributed by atoms with Crippen molar-refractivity contribution in [2.75, 3.05) is 6.61 Å². The monoisotopic (exact) mass is 662 g/mol. The molecule has 0 aromatic rings. The van der Waals surface area contributed by atoms with Gasteiger partial charge < -0.3 is 44.1 Å². The van der Waals surface area contributed by atoms with Gasteiger partial charge in [0.25, 0.3) is 0 Å². The minimum Gasteiger partial charge on any atom is -0.457 e. The van der Waals surface area contributed by atoms with Crippen LogP contribution in [-0.4, -0.2) is 93.4 Å². The summed E-state index contributed by atoms with van der Waals surface area (Å²) in [6.45, 7) is 16.8. The largest absolute Gasteiger partial charge is 0.457 e. The molecule has 0 radical (unpaired) electrons. The van der Waals surface area contributed by atoms with Crippen LogP contribution in [0.5, 0.6) is 0 Å². The van der Waals surface area contributed by atoms with Gasteiger partial charge >= 0.3 is 5.97 Å². The molecule has 266 valence electrons. The van der Waals surface area contributed by atoms with Crippen LogP contribution in [0.3, 0.4) is 0 Å². The molecule has 10 nitrogen and oxygen atoms in total. The summed E-state index contributed by atoms with van der Waals surface area (Å²) in [7, 11) is 0. The molecule has 5 saturated carbocycles. The van der Waals surface area contributed by atoms with E-state index in [0.29, 0.717) is 11.8 Å². The zero-order valence-corrected chi connectivity index (χ0v) is 29.5. The van der Waals surface area contributed by atoms with Crippen molar-refractivity contribution in [2.45, 2.75) is 167 Å². The lowest BCUT2D eigenvalue weighted by atomic mass is 9.41. The number of fused-ring (bicyclic) bond motifs is 4. The van der Waals surface area contributed by atoms with Gasteiger partial charge in [0.1, 0.15) is 36.1 Å². The molecule has 4 N–H and O–H groups in total. The van der Waals surface area contributed by atoms with Gasteiger partial charge in [0.2, 0.25) is 0 Å². The lowest BCUT2D eigenvalue weighted by molar-refractivity contribution is -0.303. The van der Waals surface area contributed by atoms with Crippen molar-refractivity contribution in [3.05, 3.63) is 0 Å². The summed E-state index contributed by atoms with van der Waals surface area (Å²) in [4.78, 5) is 12.1. The van der Waals surface area contributed by atoms with Crippen molar-refractivity contribution in [1.29, 1.82) is 0 Å². The molecule has 10 heteroatoms. The predicted octanol–water partition coefficient (Wildman–Crippen LogP) is 3.69. The molecular weight excluding hydrogens is 604 g/mol. The van der Waals surface area contributed by atoms with E-state index in [4.69, 9.17) is 23.7 Å². The highest BCUT2D eigenvalue weighted by molar-refractivity contribution is 5.66. The van der Waals surface area contributed by atoms with E-state index in [0.717, 1.165) is 51.4 Å². The summed E-state index contributed by atoms with van der Waals surface area (Å²) in [6, 6.07) is 0. The van der Waals surface area contributed by atoms with E-state index < -0.39 is 53.6 Å². The SMILES string of the molecule is CC(=O)OC(C)(C)[C@H]1O[C@]23O[C@@H]1C[C@@H](C)[C@@H]2[C@@]1(C)CC[C@@]24C[C@@]25CC[C@H](O[C@H]2OC[C@@H](O)[C@H](O)[C@H]2O)C(C)(C)[C@@H]5CC[C@H]4[C@]1(C)[C@H]3O. The molecule has 3 spiro atoms. The molecule has 0 unspecified atom stereocenters. The normalized spacial score (nSPS) is 58.8. The van der Waals surface area contributed by atoms with Crippen LogP contribution in [0.25, 0.3) is 0 Å². The number of hydrogen-bond donors (Lipinski definition) is 4. The first-order valence-electron chi connectivity index (χ1n) is 18.4. The van der Waals surface area contributed by atoms with Crippen LogP contribution in [-0.2, 0) is 28.5 Å². The van der Waals surface area contributed by atoms with Gasteiger partial charge in [-0.2, -0.15) is 0 Å². The first-order chi connectivity index (χ1) is 21.8. The lowest BCUT2D eigenvalue weighted by Crippen LogP contribution is -2.61. The predicted molar refractivity (Wildman–Crippen MR) is 168 cm³/mol. The van der Waals surface area contributed by atoms with Crippen LogP contribution < -0.4 is 0 Å². The van der Waals surface area contributed by atoms with Gasteiger partial charge in [-0.25, -0.2) is 0 Å². The van der Waals surface area contributed by atoms with Crippen LogP contribution in [0.1, 0.15) is 107 Å². The zero-order chi connectivity index (χ0) is 33.9. The average molecular weight is 663 g/mol. The Labute approximate surface area is 279 Å². The van der Waals surface area contributed by atoms with Crippen molar-refractivity contribution < 1.29 is 48.9 Å². The molecule has 3 heterocycles. The van der Waals surface area contributed by atoms with Gasteiger partial charge in [0.15, 0.2) is 12.1 Å². The van der Waals surface area contributed by atoms with Crippen LogP contribution >= 0.6 is 0 Å². The number of carbonyl (C=O) groups is 1. The van der Waals surface area contributed by atoms with Gasteiger partial charge in [-0.15, -0.1) is 0 Å². The standard InChI is InChI=1S/C37H58O10/c1-18-15-21-28(32(5,6)45-19(2)38)47-37(46-21)27(18)33(7)13-14-36-17-35(36)12-11-24(44-29-26(41)25(40)20(39)16-43-29)31(3,4)22(35)9-10-23(36)34(33,8)30(37)42/h18,20-30,39-42H,9-17H2,1-8H3/t18-,20-,21-,22+,23+,24+,25+,26-,27-,28+,29-,30-,33-,34-,35-,36+,37-/m1/s1. The van der Waals surface area contributed by atoms with Crippen LogP contribution in [0.15, 0.2) is 0 Å². The Morgan fingerprint density at radius 1 is 0.894 bits per heavy atom. The highest BCUT2D eigenvalue weighted by atomic mass is 16.8. The summed E-state index contributed by atoms with van der Waals surface area (Å²) in [5.74, 6) is -0.402. The second-order valence-electron chi connectivity index (χ2n) is 18.8. The number of carbonyl (C=O) groups excluding carboxylic acids is 1. The number of ether oxygens (including phenoxy) is 5. The Balaban J connectivity index is 1.09. The fourth-order valence-electron chi connectivity index (χ4n) is 14.4. The fraction of sp³-hybridized carbons (Fsp3) is 0.973. The molecule has 8 fully saturated rings. The Bertz CT molecular complexity index is 1320. The summed E-state index contributed by atoms with van der Waals surface area (Å²) >= 11 is 0. The Kier molecular flexibility index (Phi) is 7.03. The summed E-state index contributed by atoms with van der Waals surface area (Å²) in [6.07, 6.45) is 1.72. The van der Waals surface area contributed by atoms with E-state index in [9.17, 15) is 25.2 Å². The molecule has 0 aromatic carbocycles. The zero-order valence-electron chi connectivity index (χ0n) is 29.5. The molecule has 0 amide bonds. The Morgan fingerprint density at radius 2 is 1.57 bits per heavy atom. The van der Waals surface area contributed by atoms with Crippen LogP contribution in [0, 0.1) is 50.7 Å². The second kappa shape index (κ2) is 9.93. The highest BCUT2D eigenvalue weighted by Crippen LogP contribution is 2.90. The first kappa shape index (κ1) is 33.3. The Morgan fingerprint density at radius 3 is 2.28 bits per heavy atom. The average Bonchev–Trinajstić information content (AvgIpc) is 3.49. The summed E-state index contributed by atoms with van der Waals surface area (Å²) in [5.41, 5.74) is -1.36. The smallest absolute Gasteiger partial charge is 0.303 e. The van der Waals surface area contributed by atoms with Crippen LogP contribution in [0.4, 0.5) is 0 Å². The third-order valence-electron chi connectivity index (χ3n) is 16.3. The number of aliphatic hydroxyl groups excluding tert-OH is 4. The first-order valence-corrected chi connectivity index (χ1v) is 18.4. The van der Waals surface area contributed by atoms with Crippen molar-refractivity contribution in [1.82, 2.24) is 0 Å². The van der Waals surface area contributed by atoms with Gasteiger partial charge in [-0.3, -0.25) is 4.79 Å². The third-order valence-corrected chi connectivity index (χ3v) is 16.3. The molecule has 17 atom stereocenters. The van der Waals surface area contributed by atoms with Crippen molar-refractivity contribution in [3.63, 3.8) is 0 Å². The quantitative estimate of drug-likeness (QED) is 0.260. The van der Waals surface area contributed by atoms with Crippen molar-refractivity contribution in [3.8, 4) is 0 Å². The molecule has 5 aliphatic carbocycles. The lowest BCUT2D eigenvalue weighted by Gasteiger charge is -2.63. The highest BCUT2D eigenvalue weighted by Gasteiger charge is 2.88. The maximum atomic E-state index is 12.8. The van der Waals surface area contributed by atoms with Crippen molar-refractivity contribution >= 4 is 5.97 Å². The molecule has 2 bridgehead atoms. The fourth-order valence-corrected chi connectivity index (χ4v) is 14.4. The second-order valence-corrected chi connectivity index (χ2v) is 18.8. The molecule has 0 aromatic heterocycles. The molecule has 47 heavy (non-hydrogen) atoms. The van der Waals surface area contributed by atoms with Crippen molar-refractivity contribution in [2.24, 2.45) is 50.7 Å². The minimum absolute atomic E-state index is 0.0329. The molecule has 3 aliphatic heterocycles. The van der Waals surface area contributed by atoms with Gasteiger partial charge in [0, 0.05) is 18.3 Å². The summed E-state index contributed by atoms with van der Waals surface area (Å²) < 4.78 is 31.9. The Hall–Kier alpha value is -0.850. The molecular formula is C37H58O10. The number of esters is 1. The van der Waals surface area contributed by atoms with Gasteiger partial charge in [-0.1, -0.05) is 34.6 Å². The van der Waals surface area contributed by atoms with E-state index in [-0.39, 0.29) is 58.3 Å². The molecule has 8 rings (SSSR count). The van der Waals surface area contributed by atoms with E-state index >= 15 is 0 Å². The number of rotatable bonds is 4. The maximum absolute atomic E-state index is 12.8. The topological polar surface area (TPSA) is 144 Å². The minimum atomic E-state index is -1.29. The number of hydrogen-bond acceptors (Lipinski definition) is 10.